The summed E-state index contributed by atoms with van der Waals surface area (Å²) in [5.74, 6) is 0.0784. The van der Waals surface area contributed by atoms with Gasteiger partial charge in [-0.3, -0.25) is 0 Å². The van der Waals surface area contributed by atoms with Crippen LogP contribution in [0.1, 0.15) is 6.42 Å². The highest BCUT2D eigenvalue weighted by atomic mass is 32.1. The number of anilines is 2. The summed E-state index contributed by atoms with van der Waals surface area (Å²) in [4.78, 5) is -0.763. The van der Waals surface area contributed by atoms with E-state index in [1.165, 1.54) is 12.1 Å². The molecule has 94 valence electrons. The molecule has 0 amide bonds. The van der Waals surface area contributed by atoms with Crippen LogP contribution in [-0.4, -0.2) is 23.3 Å². The van der Waals surface area contributed by atoms with Crippen molar-refractivity contribution in [2.75, 3.05) is 17.2 Å². The summed E-state index contributed by atoms with van der Waals surface area (Å²) in [7, 11) is 0. The lowest BCUT2D eigenvalue weighted by atomic mass is 10.2. The molecule has 0 aromatic heterocycles. The zero-order valence-electron chi connectivity index (χ0n) is 8.78. The van der Waals surface area contributed by atoms with Crippen LogP contribution in [0.5, 0.6) is 5.75 Å². The van der Waals surface area contributed by atoms with Crippen LogP contribution in [0.25, 0.3) is 0 Å². The molecule has 0 saturated carbocycles. The van der Waals surface area contributed by atoms with Gasteiger partial charge in [0.15, 0.2) is 4.99 Å². The minimum atomic E-state index is -2.85. The molecule has 0 saturated heterocycles. The lowest BCUT2D eigenvalue weighted by Gasteiger charge is -2.23. The number of nitrogens with one attached hydrogen (secondary N) is 2. The molecule has 1 aromatic carbocycles. The summed E-state index contributed by atoms with van der Waals surface area (Å²) in [6.45, 7) is -2.89. The molecule has 0 spiro atoms. The van der Waals surface area contributed by atoms with Crippen molar-refractivity contribution in [2.24, 2.45) is 0 Å². The highest BCUT2D eigenvalue weighted by Gasteiger charge is 2.32. The Hall–Kier alpha value is -1.21. The highest BCUT2D eigenvalue weighted by Crippen LogP contribution is 2.39. The maximum absolute atomic E-state index is 12.0. The summed E-state index contributed by atoms with van der Waals surface area (Å²) < 4.78 is 28.4. The molecule has 0 bridgehead atoms. The van der Waals surface area contributed by atoms with Gasteiger partial charge in [0, 0.05) is 19.1 Å². The van der Waals surface area contributed by atoms with E-state index < -0.39 is 11.6 Å². The fourth-order valence-electron chi connectivity index (χ4n) is 1.68. The van der Waals surface area contributed by atoms with Crippen LogP contribution in [0.15, 0.2) is 18.2 Å². The van der Waals surface area contributed by atoms with E-state index in [2.05, 4.69) is 28.0 Å². The van der Waals surface area contributed by atoms with Crippen molar-refractivity contribution in [3.8, 4) is 5.75 Å². The fraction of sp³-hybridized carbons (Fsp3) is 0.400. The summed E-state index contributed by atoms with van der Waals surface area (Å²) in [5.41, 5.74) is 1.35. The molecule has 1 heterocycles. The van der Waals surface area contributed by atoms with Crippen molar-refractivity contribution in [1.82, 2.24) is 0 Å². The lowest BCUT2D eigenvalue weighted by molar-refractivity contribution is -0.0497. The minimum Gasteiger partial charge on any atom is -0.435 e. The quantitative estimate of drug-likeness (QED) is 0.628. The second kappa shape index (κ2) is 4.58. The van der Waals surface area contributed by atoms with E-state index in [0.717, 1.165) is 5.69 Å². The first-order chi connectivity index (χ1) is 8.02. The van der Waals surface area contributed by atoms with Gasteiger partial charge in [0.25, 0.3) is 0 Å². The molecule has 7 heteroatoms. The Morgan fingerprint density at radius 1 is 1.35 bits per heavy atom. The third kappa shape index (κ3) is 2.73. The van der Waals surface area contributed by atoms with E-state index in [0.29, 0.717) is 12.1 Å². The van der Waals surface area contributed by atoms with E-state index in [4.69, 9.17) is 5.11 Å². The summed E-state index contributed by atoms with van der Waals surface area (Å²) in [5, 5.41) is 14.9. The highest BCUT2D eigenvalue weighted by molar-refractivity contribution is 7.82. The number of alkyl halides is 2. The number of ether oxygens (including phenoxy) is 1. The van der Waals surface area contributed by atoms with E-state index in [1.807, 2.05) is 0 Å². The van der Waals surface area contributed by atoms with Gasteiger partial charge < -0.3 is 20.5 Å². The molecule has 1 aliphatic rings. The lowest BCUT2D eigenvalue weighted by Crippen LogP contribution is -2.36. The van der Waals surface area contributed by atoms with Gasteiger partial charge in [-0.1, -0.05) is 0 Å². The Labute approximate surface area is 102 Å². The van der Waals surface area contributed by atoms with Gasteiger partial charge in [-0.25, -0.2) is 0 Å². The SMILES string of the molecule is OCCC1(S)Nc2ccc(OC(F)F)cc2N1. The van der Waals surface area contributed by atoms with Gasteiger partial charge in [0.2, 0.25) is 0 Å². The molecule has 4 nitrogen and oxygen atoms in total. The molecule has 0 fully saturated rings. The van der Waals surface area contributed by atoms with Crippen LogP contribution in [0.2, 0.25) is 0 Å². The van der Waals surface area contributed by atoms with Crippen LogP contribution >= 0.6 is 12.6 Å². The molecule has 17 heavy (non-hydrogen) atoms. The van der Waals surface area contributed by atoms with Crippen molar-refractivity contribution in [2.45, 2.75) is 18.0 Å². The van der Waals surface area contributed by atoms with Crippen LogP contribution in [-0.2, 0) is 0 Å². The van der Waals surface area contributed by atoms with Gasteiger partial charge in [-0.2, -0.15) is 8.78 Å². The molecule has 1 unspecified atom stereocenters. The molecule has 1 aliphatic heterocycles. The number of thiol groups is 1. The van der Waals surface area contributed by atoms with Crippen LogP contribution < -0.4 is 15.4 Å². The Bertz CT molecular complexity index is 419. The van der Waals surface area contributed by atoms with Gasteiger partial charge in [-0.15, -0.1) is 12.6 Å². The molecule has 3 N–H and O–H groups in total. The molecule has 0 aliphatic carbocycles. The van der Waals surface area contributed by atoms with Crippen LogP contribution in [0.4, 0.5) is 20.2 Å². The first-order valence-corrected chi connectivity index (χ1v) is 5.45. The number of rotatable bonds is 4. The second-order valence-corrected chi connectivity index (χ2v) is 4.43. The second-order valence-electron chi connectivity index (χ2n) is 3.67. The summed E-state index contributed by atoms with van der Waals surface area (Å²) >= 11 is 4.34. The number of hydrogen-bond acceptors (Lipinski definition) is 5. The van der Waals surface area contributed by atoms with Crippen molar-refractivity contribution < 1.29 is 18.6 Å². The van der Waals surface area contributed by atoms with E-state index in [9.17, 15) is 8.78 Å². The Kier molecular flexibility index (Phi) is 3.30. The zero-order valence-corrected chi connectivity index (χ0v) is 9.68. The Balaban J connectivity index is 2.16. The number of fused-ring (bicyclic) bond motifs is 1. The number of hydrogen-bond donors (Lipinski definition) is 4. The number of aliphatic hydroxyl groups is 1. The Morgan fingerprint density at radius 2 is 2.06 bits per heavy atom. The topological polar surface area (TPSA) is 53.5 Å². The van der Waals surface area contributed by atoms with Gasteiger partial charge >= 0.3 is 6.61 Å². The predicted octanol–water partition coefficient (Wildman–Crippen LogP) is 2.09. The van der Waals surface area contributed by atoms with Crippen molar-refractivity contribution in [3.63, 3.8) is 0 Å². The fourth-order valence-corrected chi connectivity index (χ4v) is 2.02. The van der Waals surface area contributed by atoms with E-state index in [-0.39, 0.29) is 12.4 Å². The third-order valence-electron chi connectivity index (χ3n) is 2.37. The van der Waals surface area contributed by atoms with E-state index in [1.54, 1.807) is 6.07 Å². The van der Waals surface area contributed by atoms with Gasteiger partial charge in [0.1, 0.15) is 5.75 Å². The van der Waals surface area contributed by atoms with Crippen molar-refractivity contribution in [1.29, 1.82) is 0 Å². The smallest absolute Gasteiger partial charge is 0.387 e. The van der Waals surface area contributed by atoms with Crippen LogP contribution in [0.3, 0.4) is 0 Å². The van der Waals surface area contributed by atoms with Gasteiger partial charge in [0.05, 0.1) is 11.4 Å². The van der Waals surface area contributed by atoms with Crippen molar-refractivity contribution >= 4 is 24.0 Å². The molecular formula is C10H12F2N2O2S. The number of benzene rings is 1. The molecule has 2 rings (SSSR count). The molecular weight excluding hydrogens is 250 g/mol. The maximum atomic E-state index is 12.0. The molecule has 1 atom stereocenters. The minimum absolute atomic E-state index is 0.0438. The zero-order chi connectivity index (χ0) is 12.5. The van der Waals surface area contributed by atoms with Crippen molar-refractivity contribution in [3.05, 3.63) is 18.2 Å². The average molecular weight is 262 g/mol. The third-order valence-corrected chi connectivity index (χ3v) is 2.82. The largest absolute Gasteiger partial charge is 0.435 e. The monoisotopic (exact) mass is 262 g/mol. The maximum Gasteiger partial charge on any atom is 0.387 e. The van der Waals surface area contributed by atoms with E-state index >= 15 is 0 Å². The first kappa shape index (κ1) is 12.3. The predicted molar refractivity (Wildman–Crippen MR) is 63.7 cm³/mol. The molecule has 0 radical (unpaired) electrons. The standard InChI is InChI=1S/C10H12F2N2O2S/c11-9(12)16-6-1-2-7-8(5-6)14-10(17,13-7)3-4-15/h1-2,5,9,13-15,17H,3-4H2. The number of halogens is 2. The molecule has 1 aromatic rings. The number of aliphatic hydroxyl groups excluding tert-OH is 1. The average Bonchev–Trinajstić information content (AvgIpc) is 2.52. The summed E-state index contributed by atoms with van der Waals surface area (Å²) in [6.07, 6.45) is 0.371. The normalized spacial score (nSPS) is 21.9. The van der Waals surface area contributed by atoms with Crippen LogP contribution in [0, 0.1) is 0 Å². The summed E-state index contributed by atoms with van der Waals surface area (Å²) in [6, 6.07) is 4.53. The first-order valence-electron chi connectivity index (χ1n) is 5.01. The Morgan fingerprint density at radius 3 is 2.71 bits per heavy atom. The van der Waals surface area contributed by atoms with Gasteiger partial charge in [-0.05, 0) is 12.1 Å².